The summed E-state index contributed by atoms with van der Waals surface area (Å²) in [4.78, 5) is 23.6. The van der Waals surface area contributed by atoms with E-state index in [2.05, 4.69) is 69.9 Å². The van der Waals surface area contributed by atoms with Crippen molar-refractivity contribution in [1.29, 1.82) is 0 Å². The molecule has 1 fully saturated rings. The molecule has 1 unspecified atom stereocenters. The van der Waals surface area contributed by atoms with E-state index in [1.165, 1.54) is 28.6 Å². The first-order valence-electron chi connectivity index (χ1n) is 13.1. The normalized spacial score (nSPS) is 21.1. The molecule has 2 aliphatic rings. The first kappa shape index (κ1) is 25.3. The number of aliphatic imine (C=N–C) groups is 1. The zero-order valence-corrected chi connectivity index (χ0v) is 23.2. The minimum atomic E-state index is 0.00465. The Morgan fingerprint density at radius 3 is 2.41 bits per heavy atom. The van der Waals surface area contributed by atoms with Crippen molar-refractivity contribution in [3.05, 3.63) is 100.0 Å². The molecule has 4 nitrogen and oxygen atoms in total. The number of thioether (sulfide) groups is 1. The van der Waals surface area contributed by atoms with Gasteiger partial charge in [0.05, 0.1) is 17.1 Å². The van der Waals surface area contributed by atoms with E-state index in [-0.39, 0.29) is 11.4 Å². The van der Waals surface area contributed by atoms with Crippen LogP contribution in [0, 0.1) is 6.92 Å². The summed E-state index contributed by atoms with van der Waals surface area (Å²) < 4.78 is 0. The molecule has 0 bridgehead atoms. The molecule has 2 heterocycles. The monoisotopic (exact) mass is 509 g/mol. The van der Waals surface area contributed by atoms with Crippen molar-refractivity contribution in [2.24, 2.45) is 4.99 Å². The lowest BCUT2D eigenvalue weighted by atomic mass is 9.79. The number of amidine groups is 1. The van der Waals surface area contributed by atoms with E-state index in [1.54, 1.807) is 4.90 Å². The van der Waals surface area contributed by atoms with Crippen LogP contribution in [0.25, 0.3) is 6.08 Å². The summed E-state index contributed by atoms with van der Waals surface area (Å²) in [6.45, 7) is 12.9. The number of benzene rings is 3. The van der Waals surface area contributed by atoms with Gasteiger partial charge in [-0.15, -0.1) is 0 Å². The van der Waals surface area contributed by atoms with Gasteiger partial charge in [0.2, 0.25) is 0 Å². The Balaban J connectivity index is 1.53. The summed E-state index contributed by atoms with van der Waals surface area (Å²) in [5.74, 6) is 0.465. The number of nitrogens with zero attached hydrogens (tertiary/aromatic N) is 3. The minimum Gasteiger partial charge on any atom is -0.366 e. The van der Waals surface area contributed by atoms with E-state index < -0.39 is 0 Å². The van der Waals surface area contributed by atoms with Gasteiger partial charge >= 0.3 is 0 Å². The van der Waals surface area contributed by atoms with Crippen LogP contribution in [0.5, 0.6) is 0 Å². The second-order valence-corrected chi connectivity index (χ2v) is 11.7. The van der Waals surface area contributed by atoms with Crippen LogP contribution in [0.1, 0.15) is 62.3 Å². The number of aryl methyl sites for hydroxylation is 1. The number of para-hydroxylation sites is 1. The largest absolute Gasteiger partial charge is 0.366 e. The second-order valence-electron chi connectivity index (χ2n) is 10.6. The molecule has 37 heavy (non-hydrogen) atoms. The molecule has 5 heteroatoms. The van der Waals surface area contributed by atoms with Crippen LogP contribution in [-0.2, 0) is 11.3 Å². The van der Waals surface area contributed by atoms with Crippen LogP contribution in [-0.4, -0.2) is 28.1 Å². The van der Waals surface area contributed by atoms with Crippen molar-refractivity contribution in [1.82, 2.24) is 4.90 Å². The van der Waals surface area contributed by atoms with Gasteiger partial charge < -0.3 is 4.90 Å². The summed E-state index contributed by atoms with van der Waals surface area (Å²) in [6.07, 6.45) is 3.18. The Bertz CT molecular complexity index is 1360. The van der Waals surface area contributed by atoms with E-state index in [1.807, 2.05) is 48.5 Å². The van der Waals surface area contributed by atoms with Gasteiger partial charge in [-0.3, -0.25) is 9.69 Å². The van der Waals surface area contributed by atoms with Crippen LogP contribution in [0.15, 0.2) is 82.7 Å². The van der Waals surface area contributed by atoms with Gasteiger partial charge in [-0.25, -0.2) is 4.99 Å². The number of amides is 1. The fourth-order valence-corrected chi connectivity index (χ4v) is 6.64. The molecule has 0 aliphatic carbocycles. The highest BCUT2D eigenvalue weighted by Crippen LogP contribution is 2.45. The average Bonchev–Trinajstić information content (AvgIpc) is 3.15. The van der Waals surface area contributed by atoms with Gasteiger partial charge in [0, 0.05) is 17.8 Å². The number of hydrogen-bond donors (Lipinski definition) is 0. The highest BCUT2D eigenvalue weighted by atomic mass is 32.2. The predicted octanol–water partition coefficient (Wildman–Crippen LogP) is 7.91. The summed E-state index contributed by atoms with van der Waals surface area (Å²) in [7, 11) is 0. The van der Waals surface area contributed by atoms with Crippen LogP contribution in [0.4, 0.5) is 11.4 Å². The lowest BCUT2D eigenvalue weighted by molar-refractivity contribution is -0.122. The molecule has 0 spiro atoms. The van der Waals surface area contributed by atoms with Gasteiger partial charge in [-0.2, -0.15) is 0 Å². The van der Waals surface area contributed by atoms with Gasteiger partial charge in [-0.1, -0.05) is 55.5 Å². The Hall–Kier alpha value is -3.31. The molecule has 0 saturated carbocycles. The third-order valence-corrected chi connectivity index (χ3v) is 8.44. The number of carbonyl (C=O) groups excluding carboxylic acids is 1. The zero-order chi connectivity index (χ0) is 26.2. The van der Waals surface area contributed by atoms with Crippen molar-refractivity contribution >= 4 is 40.3 Å². The fourth-order valence-electron chi connectivity index (χ4n) is 5.66. The third kappa shape index (κ3) is 5.10. The fraction of sp³-hybridized carbons (Fsp3) is 0.312. The van der Waals surface area contributed by atoms with Gasteiger partial charge in [-0.05, 0) is 104 Å². The summed E-state index contributed by atoms with van der Waals surface area (Å²) in [6, 6.07) is 24.6. The Morgan fingerprint density at radius 2 is 1.73 bits per heavy atom. The maximum atomic E-state index is 13.7. The molecule has 2 aliphatic heterocycles. The van der Waals surface area contributed by atoms with Crippen LogP contribution < -0.4 is 4.90 Å². The molecule has 0 radical (unpaired) electrons. The van der Waals surface area contributed by atoms with E-state index in [9.17, 15) is 4.79 Å². The van der Waals surface area contributed by atoms with E-state index in [4.69, 9.17) is 4.99 Å². The van der Waals surface area contributed by atoms with Crippen molar-refractivity contribution in [2.75, 3.05) is 11.4 Å². The molecule has 1 saturated heterocycles. The van der Waals surface area contributed by atoms with Crippen LogP contribution in [0.3, 0.4) is 0 Å². The molecular weight excluding hydrogens is 474 g/mol. The van der Waals surface area contributed by atoms with Crippen molar-refractivity contribution < 1.29 is 4.79 Å². The van der Waals surface area contributed by atoms with Crippen molar-refractivity contribution in [2.45, 2.75) is 59.0 Å². The molecule has 0 N–H and O–H groups in total. The van der Waals surface area contributed by atoms with Crippen molar-refractivity contribution in [3.63, 3.8) is 0 Å². The summed E-state index contributed by atoms with van der Waals surface area (Å²) in [5.41, 5.74) is 7.05. The maximum Gasteiger partial charge on any atom is 0.267 e. The molecule has 0 aromatic heterocycles. The molecule has 1 amide bonds. The van der Waals surface area contributed by atoms with E-state index in [0.717, 1.165) is 29.8 Å². The van der Waals surface area contributed by atoms with Crippen LogP contribution >= 0.6 is 11.8 Å². The highest BCUT2D eigenvalue weighted by Gasteiger charge is 2.37. The maximum absolute atomic E-state index is 13.7. The smallest absolute Gasteiger partial charge is 0.267 e. The Kier molecular flexibility index (Phi) is 7.00. The quantitative estimate of drug-likeness (QED) is 0.328. The number of hydrogen-bond acceptors (Lipinski definition) is 4. The Morgan fingerprint density at radius 1 is 1.05 bits per heavy atom. The lowest BCUT2D eigenvalue weighted by Gasteiger charge is -2.47. The van der Waals surface area contributed by atoms with Crippen LogP contribution in [0.2, 0.25) is 0 Å². The topological polar surface area (TPSA) is 35.9 Å². The average molecular weight is 510 g/mol. The number of fused-ring (bicyclic) bond motifs is 1. The number of carbonyl (C=O) groups is 1. The highest BCUT2D eigenvalue weighted by molar-refractivity contribution is 8.18. The summed E-state index contributed by atoms with van der Waals surface area (Å²) in [5, 5.41) is 0.717. The van der Waals surface area contributed by atoms with Gasteiger partial charge in [0.25, 0.3) is 5.91 Å². The summed E-state index contributed by atoms with van der Waals surface area (Å²) >= 11 is 1.46. The molecular formula is C32H35N3OS. The first-order valence-corrected chi connectivity index (χ1v) is 13.9. The van der Waals surface area contributed by atoms with Gasteiger partial charge in [0.15, 0.2) is 5.17 Å². The van der Waals surface area contributed by atoms with E-state index >= 15 is 0 Å². The predicted molar refractivity (Wildman–Crippen MR) is 157 cm³/mol. The zero-order valence-electron chi connectivity index (χ0n) is 22.4. The SMILES string of the molecule is CCN1c2cc(C)c(/C=C3/SC(=Nc4ccccc4)N(Cc4ccccc4)C3=O)cc2C(C)CC1(C)C. The van der Waals surface area contributed by atoms with Gasteiger partial charge in [0.1, 0.15) is 0 Å². The molecule has 1 atom stereocenters. The lowest BCUT2D eigenvalue weighted by Crippen LogP contribution is -2.48. The molecule has 3 aromatic rings. The molecule has 3 aromatic carbocycles. The standard InChI is InChI=1S/C32H35N3OS/c1-6-35-28-17-22(2)25(18-27(28)23(3)20-32(35,4)5)19-29-30(36)34(21-24-13-9-7-10-14-24)31(37-29)33-26-15-11-8-12-16-26/h7-19,23H,6,20-21H2,1-5H3/b29-19+,33-31?. The number of anilines is 1. The molecule has 5 rings (SSSR count). The second kappa shape index (κ2) is 10.2. The van der Waals surface area contributed by atoms with E-state index in [0.29, 0.717) is 22.5 Å². The minimum absolute atomic E-state index is 0.00465. The Labute approximate surface area is 225 Å². The number of rotatable bonds is 5. The molecule has 190 valence electrons. The third-order valence-electron chi connectivity index (χ3n) is 7.43. The van der Waals surface area contributed by atoms with Crippen molar-refractivity contribution in [3.8, 4) is 0 Å². The first-order chi connectivity index (χ1) is 17.8.